The molecule has 1 aromatic heterocycles. The van der Waals surface area contributed by atoms with Crippen molar-refractivity contribution >= 4 is 5.96 Å². The lowest BCUT2D eigenvalue weighted by Crippen LogP contribution is -2.44. The Balaban J connectivity index is 1.69. The number of aromatic nitrogens is 3. The maximum atomic E-state index is 5.80. The summed E-state index contributed by atoms with van der Waals surface area (Å²) in [4.78, 5) is 7.20. The quantitative estimate of drug-likeness (QED) is 0.356. The highest BCUT2D eigenvalue weighted by Crippen LogP contribution is 2.24. The molecule has 0 bridgehead atoms. The number of rotatable bonds is 10. The molecule has 0 fully saturated rings. The van der Waals surface area contributed by atoms with Gasteiger partial charge < -0.3 is 24.3 Å². The van der Waals surface area contributed by atoms with Crippen LogP contribution in [0.1, 0.15) is 49.5 Å². The van der Waals surface area contributed by atoms with E-state index in [4.69, 9.17) is 14.5 Å². The van der Waals surface area contributed by atoms with Crippen LogP contribution in [-0.4, -0.2) is 58.5 Å². The Bertz CT molecular complexity index is 864. The lowest BCUT2D eigenvalue weighted by atomic mass is 9.99. The van der Waals surface area contributed by atoms with Crippen LogP contribution in [0.2, 0.25) is 0 Å². The van der Waals surface area contributed by atoms with Gasteiger partial charge in [-0.2, -0.15) is 0 Å². The largest absolute Gasteiger partial charge is 0.494 e. The first-order valence-electron chi connectivity index (χ1n) is 11.3. The Hall–Kier alpha value is -2.61. The van der Waals surface area contributed by atoms with Gasteiger partial charge in [-0.1, -0.05) is 13.0 Å². The van der Waals surface area contributed by atoms with Crippen LogP contribution >= 0.6 is 0 Å². The zero-order valence-electron chi connectivity index (χ0n) is 19.4. The summed E-state index contributed by atoms with van der Waals surface area (Å²) < 4.78 is 13.3. The summed E-state index contributed by atoms with van der Waals surface area (Å²) in [5.74, 6) is 3.63. The number of nitrogens with zero attached hydrogens (tertiary/aromatic N) is 5. The molecule has 31 heavy (non-hydrogen) atoms. The van der Waals surface area contributed by atoms with Gasteiger partial charge in [0.25, 0.3) is 0 Å². The Morgan fingerprint density at radius 2 is 2.06 bits per heavy atom. The minimum absolute atomic E-state index is 0.498. The lowest BCUT2D eigenvalue weighted by molar-refractivity contribution is 0.145. The molecule has 1 N–H and O–H groups in total. The predicted molar refractivity (Wildman–Crippen MR) is 122 cm³/mol. The Kier molecular flexibility index (Phi) is 8.70. The molecule has 8 nitrogen and oxygen atoms in total. The van der Waals surface area contributed by atoms with Gasteiger partial charge in [0, 0.05) is 39.9 Å². The second-order valence-electron chi connectivity index (χ2n) is 7.79. The minimum atomic E-state index is 0.498. The van der Waals surface area contributed by atoms with E-state index in [2.05, 4.69) is 45.5 Å². The normalized spacial score (nSPS) is 13.9. The molecule has 0 amide bonds. The molecule has 0 unspecified atom stereocenters. The van der Waals surface area contributed by atoms with Gasteiger partial charge in [0.2, 0.25) is 0 Å². The third-order valence-corrected chi connectivity index (χ3v) is 5.47. The number of ether oxygens (including phenoxy) is 2. The number of nitrogens with one attached hydrogen (secondary N) is 1. The first-order chi connectivity index (χ1) is 15.1. The van der Waals surface area contributed by atoms with E-state index in [1.807, 2.05) is 25.5 Å². The SMILES string of the molecule is CCCOc1ccc2c(c1)CCN(C(=NCc1nnc(C)n1C)NCCCOCC)C2. The predicted octanol–water partition coefficient (Wildman–Crippen LogP) is 2.84. The summed E-state index contributed by atoms with van der Waals surface area (Å²) in [5, 5.41) is 11.9. The Morgan fingerprint density at radius 1 is 1.19 bits per heavy atom. The van der Waals surface area contributed by atoms with Crippen molar-refractivity contribution in [1.82, 2.24) is 25.0 Å². The topological polar surface area (TPSA) is 76.8 Å². The molecule has 2 heterocycles. The van der Waals surface area contributed by atoms with Crippen molar-refractivity contribution in [1.29, 1.82) is 0 Å². The lowest BCUT2D eigenvalue weighted by Gasteiger charge is -2.32. The third-order valence-electron chi connectivity index (χ3n) is 5.47. The van der Waals surface area contributed by atoms with Gasteiger partial charge in [0.1, 0.15) is 18.1 Å². The number of fused-ring (bicyclic) bond motifs is 1. The van der Waals surface area contributed by atoms with Crippen molar-refractivity contribution in [3.8, 4) is 5.75 Å². The van der Waals surface area contributed by atoms with Crippen LogP contribution in [-0.2, 0) is 31.3 Å². The monoisotopic (exact) mass is 428 g/mol. The van der Waals surface area contributed by atoms with E-state index in [1.165, 1.54) is 11.1 Å². The van der Waals surface area contributed by atoms with Gasteiger partial charge in [0.05, 0.1) is 6.61 Å². The molecule has 0 saturated heterocycles. The van der Waals surface area contributed by atoms with Gasteiger partial charge in [-0.25, -0.2) is 4.99 Å². The summed E-state index contributed by atoms with van der Waals surface area (Å²) in [7, 11) is 1.98. The molecule has 170 valence electrons. The van der Waals surface area contributed by atoms with Crippen molar-refractivity contribution in [3.05, 3.63) is 41.0 Å². The molecule has 0 atom stereocenters. The Labute approximate surface area is 185 Å². The number of aliphatic imine (C=N–C) groups is 1. The van der Waals surface area contributed by atoms with Crippen LogP contribution in [0.4, 0.5) is 0 Å². The highest BCUT2D eigenvalue weighted by atomic mass is 16.5. The van der Waals surface area contributed by atoms with E-state index >= 15 is 0 Å². The van der Waals surface area contributed by atoms with Crippen molar-refractivity contribution in [2.45, 2.75) is 53.1 Å². The zero-order chi connectivity index (χ0) is 22.1. The molecule has 0 aliphatic carbocycles. The summed E-state index contributed by atoms with van der Waals surface area (Å²) in [6.45, 7) is 11.4. The average Bonchev–Trinajstić information content (AvgIpc) is 3.11. The fourth-order valence-electron chi connectivity index (χ4n) is 3.54. The molecule has 0 saturated carbocycles. The molecule has 2 aromatic rings. The summed E-state index contributed by atoms with van der Waals surface area (Å²) in [5.41, 5.74) is 2.69. The van der Waals surface area contributed by atoms with Gasteiger partial charge in [-0.15, -0.1) is 10.2 Å². The Morgan fingerprint density at radius 3 is 2.81 bits per heavy atom. The maximum Gasteiger partial charge on any atom is 0.194 e. The number of benzene rings is 1. The third kappa shape index (κ3) is 6.43. The van der Waals surface area contributed by atoms with E-state index in [-0.39, 0.29) is 0 Å². The van der Waals surface area contributed by atoms with Crippen LogP contribution in [0.25, 0.3) is 0 Å². The fourth-order valence-corrected chi connectivity index (χ4v) is 3.54. The molecule has 1 aliphatic heterocycles. The zero-order valence-corrected chi connectivity index (χ0v) is 19.4. The smallest absolute Gasteiger partial charge is 0.194 e. The van der Waals surface area contributed by atoms with Crippen LogP contribution in [0.5, 0.6) is 5.75 Å². The number of hydrogen-bond donors (Lipinski definition) is 1. The highest BCUT2D eigenvalue weighted by Gasteiger charge is 2.20. The number of hydrogen-bond acceptors (Lipinski definition) is 5. The summed E-state index contributed by atoms with van der Waals surface area (Å²) in [6, 6.07) is 6.45. The molecular weight excluding hydrogens is 392 g/mol. The van der Waals surface area contributed by atoms with Gasteiger partial charge in [-0.05, 0) is 56.4 Å². The summed E-state index contributed by atoms with van der Waals surface area (Å²) in [6.07, 6.45) is 2.94. The molecule has 0 radical (unpaired) electrons. The fraction of sp³-hybridized carbons (Fsp3) is 0.609. The molecule has 3 rings (SSSR count). The van der Waals surface area contributed by atoms with E-state index in [1.54, 1.807) is 0 Å². The second-order valence-corrected chi connectivity index (χ2v) is 7.79. The van der Waals surface area contributed by atoms with Crippen molar-refractivity contribution in [2.75, 3.05) is 32.9 Å². The van der Waals surface area contributed by atoms with E-state index < -0.39 is 0 Å². The average molecular weight is 429 g/mol. The molecule has 0 spiro atoms. The van der Waals surface area contributed by atoms with Crippen molar-refractivity contribution < 1.29 is 9.47 Å². The molecular formula is C23H36N6O2. The first kappa shape index (κ1) is 23.1. The van der Waals surface area contributed by atoms with Gasteiger partial charge >= 0.3 is 0 Å². The van der Waals surface area contributed by atoms with Gasteiger partial charge in [0.15, 0.2) is 11.8 Å². The standard InChI is InChI=1S/C23H36N6O2/c1-5-13-31-21-9-8-20-17-29(12-10-19(20)15-21)23(24-11-7-14-30-6-2)25-16-22-27-26-18(3)28(22)4/h8-9,15H,5-7,10-14,16-17H2,1-4H3,(H,24,25). The van der Waals surface area contributed by atoms with Crippen LogP contribution in [0.15, 0.2) is 23.2 Å². The van der Waals surface area contributed by atoms with Crippen LogP contribution in [0.3, 0.4) is 0 Å². The van der Waals surface area contributed by atoms with Gasteiger partial charge in [-0.3, -0.25) is 0 Å². The highest BCUT2D eigenvalue weighted by molar-refractivity contribution is 5.80. The molecule has 1 aliphatic rings. The maximum absolute atomic E-state index is 5.80. The number of aryl methyl sites for hydroxylation is 1. The molecule has 1 aromatic carbocycles. The van der Waals surface area contributed by atoms with Crippen molar-refractivity contribution in [2.24, 2.45) is 12.0 Å². The first-order valence-corrected chi connectivity index (χ1v) is 11.3. The van der Waals surface area contributed by atoms with E-state index in [9.17, 15) is 0 Å². The summed E-state index contributed by atoms with van der Waals surface area (Å²) >= 11 is 0. The van der Waals surface area contributed by atoms with Crippen molar-refractivity contribution in [3.63, 3.8) is 0 Å². The van der Waals surface area contributed by atoms with Crippen LogP contribution < -0.4 is 10.1 Å². The minimum Gasteiger partial charge on any atom is -0.494 e. The second kappa shape index (κ2) is 11.7. The number of guanidine groups is 1. The van der Waals surface area contributed by atoms with E-state index in [0.717, 1.165) is 82.1 Å². The van der Waals surface area contributed by atoms with Crippen LogP contribution in [0, 0.1) is 6.92 Å². The molecule has 8 heteroatoms. The van der Waals surface area contributed by atoms with E-state index in [0.29, 0.717) is 6.54 Å².